The molecule has 6 heteroatoms. The number of rotatable bonds is 4. The number of carboxylic acid groups (broad SMARTS) is 1. The van der Waals surface area contributed by atoms with Gasteiger partial charge in [0.2, 0.25) is 11.7 Å². The minimum atomic E-state index is -0.731. The van der Waals surface area contributed by atoms with E-state index >= 15 is 0 Å². The molecule has 6 nitrogen and oxygen atoms in total. The van der Waals surface area contributed by atoms with Gasteiger partial charge < -0.3 is 9.63 Å². The molecule has 128 valence electrons. The topological polar surface area (TPSA) is 79.5 Å². The fourth-order valence-corrected chi connectivity index (χ4v) is 3.50. The normalized spacial score (nSPS) is 24.9. The first-order valence-corrected chi connectivity index (χ1v) is 8.34. The van der Waals surface area contributed by atoms with Gasteiger partial charge >= 0.3 is 5.97 Å². The lowest BCUT2D eigenvalue weighted by Gasteiger charge is -2.41. The maximum atomic E-state index is 11.4. The molecule has 1 N–H and O–H groups in total. The lowest BCUT2D eigenvalue weighted by molar-refractivity contribution is -0.147. The molecule has 0 amide bonds. The molecule has 1 fully saturated rings. The van der Waals surface area contributed by atoms with Crippen LogP contribution in [0.25, 0.3) is 11.4 Å². The maximum Gasteiger partial charge on any atom is 0.308 e. The van der Waals surface area contributed by atoms with E-state index in [4.69, 9.17) is 4.52 Å². The minimum absolute atomic E-state index is 0.0555. The molecule has 2 heterocycles. The van der Waals surface area contributed by atoms with E-state index in [9.17, 15) is 9.90 Å². The zero-order valence-electron chi connectivity index (χ0n) is 14.3. The Kier molecular flexibility index (Phi) is 4.66. The highest BCUT2D eigenvalue weighted by molar-refractivity contribution is 5.71. The van der Waals surface area contributed by atoms with Crippen LogP contribution in [-0.4, -0.2) is 38.2 Å². The summed E-state index contributed by atoms with van der Waals surface area (Å²) in [5.41, 5.74) is 2.05. The molecule has 0 spiro atoms. The van der Waals surface area contributed by atoms with Gasteiger partial charge in [-0.3, -0.25) is 9.69 Å². The number of nitrogens with zero attached hydrogens (tertiary/aromatic N) is 3. The van der Waals surface area contributed by atoms with E-state index in [0.717, 1.165) is 17.5 Å². The maximum absolute atomic E-state index is 11.4. The SMILES string of the molecule is Cc1ccccc1-c1noc(CN2[C@H](C)CC[C@H](C(=O)O)[C@@H]2C)n1. The van der Waals surface area contributed by atoms with Gasteiger partial charge in [-0.2, -0.15) is 4.98 Å². The summed E-state index contributed by atoms with van der Waals surface area (Å²) in [6, 6.07) is 8.14. The number of benzene rings is 1. The summed E-state index contributed by atoms with van der Waals surface area (Å²) in [7, 11) is 0. The third kappa shape index (κ3) is 3.19. The Morgan fingerprint density at radius 3 is 2.79 bits per heavy atom. The van der Waals surface area contributed by atoms with Crippen LogP contribution in [0.2, 0.25) is 0 Å². The third-order valence-corrected chi connectivity index (χ3v) is 5.06. The predicted molar refractivity (Wildman–Crippen MR) is 89.3 cm³/mol. The lowest BCUT2D eigenvalue weighted by Crippen LogP contribution is -2.50. The van der Waals surface area contributed by atoms with Crippen molar-refractivity contribution in [3.8, 4) is 11.4 Å². The highest BCUT2D eigenvalue weighted by Crippen LogP contribution is 2.30. The zero-order chi connectivity index (χ0) is 17.3. The Morgan fingerprint density at radius 2 is 2.08 bits per heavy atom. The first-order chi connectivity index (χ1) is 11.5. The van der Waals surface area contributed by atoms with Gasteiger partial charge in [0.05, 0.1) is 12.5 Å². The average molecular weight is 329 g/mol. The van der Waals surface area contributed by atoms with Crippen LogP contribution in [0.4, 0.5) is 0 Å². The molecular weight excluding hydrogens is 306 g/mol. The predicted octanol–water partition coefficient (Wildman–Crippen LogP) is 3.12. The van der Waals surface area contributed by atoms with E-state index in [-0.39, 0.29) is 12.0 Å². The summed E-state index contributed by atoms with van der Waals surface area (Å²) in [5.74, 6) is 0.0266. The molecule has 0 bridgehead atoms. The van der Waals surface area contributed by atoms with Crippen molar-refractivity contribution in [2.45, 2.75) is 52.2 Å². The van der Waals surface area contributed by atoms with E-state index in [1.807, 2.05) is 38.1 Å². The number of carboxylic acids is 1. The molecule has 0 radical (unpaired) electrons. The van der Waals surface area contributed by atoms with Gasteiger partial charge in [-0.25, -0.2) is 0 Å². The van der Waals surface area contributed by atoms with Crippen LogP contribution in [0.1, 0.15) is 38.1 Å². The summed E-state index contributed by atoms with van der Waals surface area (Å²) in [4.78, 5) is 18.1. The fraction of sp³-hybridized carbons (Fsp3) is 0.500. The van der Waals surface area contributed by atoms with Crippen molar-refractivity contribution >= 4 is 5.97 Å². The second-order valence-electron chi connectivity index (χ2n) is 6.61. The molecule has 3 atom stereocenters. The van der Waals surface area contributed by atoms with Crippen LogP contribution < -0.4 is 0 Å². The highest BCUT2D eigenvalue weighted by Gasteiger charge is 2.37. The molecule has 0 unspecified atom stereocenters. The van der Waals surface area contributed by atoms with Crippen LogP contribution >= 0.6 is 0 Å². The molecule has 0 aliphatic carbocycles. The Labute approximate surface area is 141 Å². The first-order valence-electron chi connectivity index (χ1n) is 8.34. The number of piperidine rings is 1. The highest BCUT2D eigenvalue weighted by atomic mass is 16.5. The van der Waals surface area contributed by atoms with Crippen LogP contribution in [0.3, 0.4) is 0 Å². The largest absolute Gasteiger partial charge is 0.481 e. The monoisotopic (exact) mass is 329 g/mol. The summed E-state index contributed by atoms with van der Waals surface area (Å²) >= 11 is 0. The van der Waals surface area contributed by atoms with E-state index < -0.39 is 5.97 Å². The van der Waals surface area contributed by atoms with Crippen molar-refractivity contribution in [2.24, 2.45) is 5.92 Å². The van der Waals surface area contributed by atoms with Gasteiger partial charge in [0, 0.05) is 17.6 Å². The molecular formula is C18H23N3O3. The molecule has 0 saturated carbocycles. The van der Waals surface area contributed by atoms with Crippen LogP contribution in [0, 0.1) is 12.8 Å². The van der Waals surface area contributed by atoms with Crippen molar-refractivity contribution in [1.82, 2.24) is 15.0 Å². The van der Waals surface area contributed by atoms with Gasteiger partial charge in [-0.1, -0.05) is 29.4 Å². The smallest absolute Gasteiger partial charge is 0.308 e. The number of aryl methyl sites for hydroxylation is 1. The zero-order valence-corrected chi connectivity index (χ0v) is 14.3. The van der Waals surface area contributed by atoms with Gasteiger partial charge in [0.1, 0.15) is 0 Å². The van der Waals surface area contributed by atoms with Crippen molar-refractivity contribution < 1.29 is 14.4 Å². The number of hydrogen-bond donors (Lipinski definition) is 1. The van der Waals surface area contributed by atoms with E-state index in [2.05, 4.69) is 22.0 Å². The van der Waals surface area contributed by atoms with Gasteiger partial charge in [0.25, 0.3) is 0 Å². The molecule has 2 aromatic rings. The Bertz CT molecular complexity index is 728. The second kappa shape index (κ2) is 6.73. The van der Waals surface area contributed by atoms with Crippen molar-refractivity contribution in [2.75, 3.05) is 0 Å². The number of aromatic nitrogens is 2. The fourth-order valence-electron chi connectivity index (χ4n) is 3.50. The van der Waals surface area contributed by atoms with Crippen LogP contribution in [0.15, 0.2) is 28.8 Å². The molecule has 3 rings (SSSR count). The van der Waals surface area contributed by atoms with Gasteiger partial charge in [-0.15, -0.1) is 0 Å². The summed E-state index contributed by atoms with van der Waals surface area (Å²) in [6.07, 6.45) is 1.58. The first kappa shape index (κ1) is 16.6. The van der Waals surface area contributed by atoms with Crippen LogP contribution in [0.5, 0.6) is 0 Å². The Balaban J connectivity index is 1.78. The number of likely N-dealkylation sites (tertiary alicyclic amines) is 1. The van der Waals surface area contributed by atoms with E-state index in [1.165, 1.54) is 0 Å². The Hall–Kier alpha value is -2.21. The lowest BCUT2D eigenvalue weighted by atomic mass is 9.87. The third-order valence-electron chi connectivity index (χ3n) is 5.06. The summed E-state index contributed by atoms with van der Waals surface area (Å²) < 4.78 is 5.42. The number of aliphatic carboxylic acids is 1. The molecule has 1 aliphatic heterocycles. The van der Waals surface area contributed by atoms with E-state index in [0.29, 0.717) is 30.7 Å². The van der Waals surface area contributed by atoms with Crippen molar-refractivity contribution in [1.29, 1.82) is 0 Å². The van der Waals surface area contributed by atoms with E-state index in [1.54, 1.807) is 0 Å². The Morgan fingerprint density at radius 1 is 1.33 bits per heavy atom. The molecule has 1 aromatic carbocycles. The number of hydrogen-bond acceptors (Lipinski definition) is 5. The second-order valence-corrected chi connectivity index (χ2v) is 6.61. The average Bonchev–Trinajstić information content (AvgIpc) is 3.00. The molecule has 1 aromatic heterocycles. The standard InChI is InChI=1S/C18H23N3O3/c1-11-6-4-5-7-14(11)17-19-16(24-20-17)10-21-12(2)8-9-15(13(21)3)18(22)23/h4-7,12-13,15H,8-10H2,1-3H3,(H,22,23)/t12-,13+,15+/m1/s1. The summed E-state index contributed by atoms with van der Waals surface area (Å²) in [5, 5.41) is 13.5. The minimum Gasteiger partial charge on any atom is -0.481 e. The summed E-state index contributed by atoms with van der Waals surface area (Å²) in [6.45, 7) is 6.57. The van der Waals surface area contributed by atoms with Gasteiger partial charge in [0.15, 0.2) is 0 Å². The van der Waals surface area contributed by atoms with Crippen LogP contribution in [-0.2, 0) is 11.3 Å². The quantitative estimate of drug-likeness (QED) is 0.928. The number of carbonyl (C=O) groups is 1. The molecule has 1 aliphatic rings. The molecule has 1 saturated heterocycles. The van der Waals surface area contributed by atoms with Crippen molar-refractivity contribution in [3.05, 3.63) is 35.7 Å². The van der Waals surface area contributed by atoms with Gasteiger partial charge in [-0.05, 0) is 39.2 Å². The molecule has 24 heavy (non-hydrogen) atoms. The van der Waals surface area contributed by atoms with Crippen molar-refractivity contribution in [3.63, 3.8) is 0 Å².